The van der Waals surface area contributed by atoms with E-state index in [1.165, 1.54) is 0 Å². The minimum atomic E-state index is -1.05. The van der Waals surface area contributed by atoms with Gasteiger partial charge in [0.05, 0.1) is 19.3 Å². The molecule has 0 aliphatic rings. The van der Waals surface area contributed by atoms with E-state index in [0.29, 0.717) is 0 Å². The summed E-state index contributed by atoms with van der Waals surface area (Å²) in [7, 11) is 0. The summed E-state index contributed by atoms with van der Waals surface area (Å²) >= 11 is 0. The van der Waals surface area contributed by atoms with Crippen molar-refractivity contribution in [1.29, 1.82) is 0 Å². The molecule has 1 heterocycles. The fourth-order valence-electron chi connectivity index (χ4n) is 0.757. The molecule has 0 saturated heterocycles. The lowest BCUT2D eigenvalue weighted by molar-refractivity contribution is 0.272. The Balaban J connectivity index is 3.24. The van der Waals surface area contributed by atoms with Crippen molar-refractivity contribution >= 4 is 0 Å². The summed E-state index contributed by atoms with van der Waals surface area (Å²) < 4.78 is 13.4. The number of aromatic amines is 1. The van der Waals surface area contributed by atoms with E-state index in [-0.39, 0.29) is 13.2 Å². The smallest absolute Gasteiger partial charge is 0.328 e. The lowest BCUT2D eigenvalue weighted by Gasteiger charge is -2.00. The summed E-state index contributed by atoms with van der Waals surface area (Å²) in [5.74, 6) is -1.04. The lowest BCUT2D eigenvalue weighted by Crippen LogP contribution is -2.32. The van der Waals surface area contributed by atoms with Crippen molar-refractivity contribution in [2.24, 2.45) is 0 Å². The third-order valence-corrected chi connectivity index (χ3v) is 1.31. The van der Waals surface area contributed by atoms with Gasteiger partial charge in [0.1, 0.15) is 0 Å². The summed E-state index contributed by atoms with van der Waals surface area (Å²) in [4.78, 5) is 23.1. The molecule has 0 radical (unpaired) electrons. The van der Waals surface area contributed by atoms with Crippen LogP contribution >= 0.6 is 0 Å². The van der Waals surface area contributed by atoms with Crippen LogP contribution in [0.4, 0.5) is 4.39 Å². The third kappa shape index (κ3) is 1.59. The third-order valence-electron chi connectivity index (χ3n) is 1.31. The van der Waals surface area contributed by atoms with Gasteiger partial charge in [-0.25, -0.2) is 4.79 Å². The van der Waals surface area contributed by atoms with Crippen molar-refractivity contribution in [2.45, 2.75) is 6.54 Å². The van der Waals surface area contributed by atoms with Crippen LogP contribution in [0.1, 0.15) is 0 Å². The molecule has 1 rings (SSSR count). The number of rotatable bonds is 2. The van der Waals surface area contributed by atoms with E-state index in [1.807, 2.05) is 0 Å². The van der Waals surface area contributed by atoms with E-state index >= 15 is 0 Å². The molecule has 0 unspecified atom stereocenters. The van der Waals surface area contributed by atoms with Crippen LogP contribution < -0.4 is 11.2 Å². The van der Waals surface area contributed by atoms with Crippen molar-refractivity contribution in [3.05, 3.63) is 32.9 Å². The van der Waals surface area contributed by atoms with Crippen LogP contribution in [0.2, 0.25) is 0 Å². The Morgan fingerprint density at radius 1 is 1.58 bits per heavy atom. The Kier molecular flexibility index (Phi) is 2.39. The molecule has 12 heavy (non-hydrogen) atoms. The van der Waals surface area contributed by atoms with Gasteiger partial charge < -0.3 is 5.11 Å². The first-order valence-electron chi connectivity index (χ1n) is 3.25. The molecule has 0 spiro atoms. The first-order chi connectivity index (χ1) is 5.65. The van der Waals surface area contributed by atoms with E-state index in [9.17, 15) is 14.0 Å². The van der Waals surface area contributed by atoms with Crippen molar-refractivity contribution in [1.82, 2.24) is 9.55 Å². The van der Waals surface area contributed by atoms with Crippen LogP contribution in [0.15, 0.2) is 15.8 Å². The molecular formula is C6H7FN2O3. The van der Waals surface area contributed by atoms with Gasteiger partial charge >= 0.3 is 5.69 Å². The molecule has 2 N–H and O–H groups in total. The molecule has 0 saturated carbocycles. The highest BCUT2D eigenvalue weighted by Gasteiger charge is 2.01. The van der Waals surface area contributed by atoms with Gasteiger partial charge in [-0.2, -0.15) is 4.39 Å². The Hall–Kier alpha value is -1.43. The van der Waals surface area contributed by atoms with Crippen molar-refractivity contribution in [3.63, 3.8) is 0 Å². The van der Waals surface area contributed by atoms with Crippen LogP contribution in [0.5, 0.6) is 0 Å². The van der Waals surface area contributed by atoms with Crippen LogP contribution in [0.25, 0.3) is 0 Å². The molecule has 0 bridgehead atoms. The Morgan fingerprint density at radius 3 is 2.83 bits per heavy atom. The first kappa shape index (κ1) is 8.66. The molecule has 0 amide bonds. The zero-order valence-electron chi connectivity index (χ0n) is 6.08. The van der Waals surface area contributed by atoms with Gasteiger partial charge in [0.15, 0.2) is 0 Å². The Labute approximate surface area is 66.1 Å². The van der Waals surface area contributed by atoms with Crippen molar-refractivity contribution in [3.8, 4) is 0 Å². The molecule has 0 aromatic carbocycles. The van der Waals surface area contributed by atoms with E-state index in [1.54, 1.807) is 4.98 Å². The number of aliphatic hydroxyl groups excluding tert-OH is 1. The highest BCUT2D eigenvalue weighted by atomic mass is 19.1. The van der Waals surface area contributed by atoms with Crippen LogP contribution in [0, 0.1) is 5.82 Å². The van der Waals surface area contributed by atoms with Crippen molar-refractivity contribution in [2.75, 3.05) is 6.61 Å². The lowest BCUT2D eigenvalue weighted by atomic mass is 10.5. The van der Waals surface area contributed by atoms with Crippen LogP contribution in [0.3, 0.4) is 0 Å². The maximum Gasteiger partial charge on any atom is 0.328 e. The normalized spacial score (nSPS) is 10.2. The largest absolute Gasteiger partial charge is 0.395 e. The summed E-state index contributed by atoms with van der Waals surface area (Å²) in [6, 6.07) is 0. The van der Waals surface area contributed by atoms with E-state index in [4.69, 9.17) is 5.11 Å². The summed E-state index contributed by atoms with van der Waals surface area (Å²) in [6.07, 6.45) is 0.761. The second kappa shape index (κ2) is 3.31. The first-order valence-corrected chi connectivity index (χ1v) is 3.25. The average Bonchev–Trinajstić information content (AvgIpc) is 2.01. The highest BCUT2D eigenvalue weighted by Crippen LogP contribution is 1.82. The number of nitrogens with zero attached hydrogens (tertiary/aromatic N) is 1. The minimum Gasteiger partial charge on any atom is -0.395 e. The standard InChI is InChI=1S/C6H7FN2O3/c7-4-3-9(1-2-10)6(12)8-5(4)11/h3,10H,1-2H2,(H,8,11,12). The summed E-state index contributed by atoms with van der Waals surface area (Å²) in [6.45, 7) is -0.322. The fraction of sp³-hybridized carbons (Fsp3) is 0.333. The van der Waals surface area contributed by atoms with Gasteiger partial charge in [-0.05, 0) is 0 Å². The van der Waals surface area contributed by atoms with Gasteiger partial charge in [-0.15, -0.1) is 0 Å². The van der Waals surface area contributed by atoms with Gasteiger partial charge in [0.2, 0.25) is 5.82 Å². The maximum absolute atomic E-state index is 12.5. The number of nitrogens with one attached hydrogen (secondary N) is 1. The molecule has 66 valence electrons. The predicted octanol–water partition coefficient (Wildman–Crippen LogP) is -1.33. The molecule has 0 aliphatic carbocycles. The summed E-state index contributed by atoms with van der Waals surface area (Å²) in [5.41, 5.74) is -1.77. The van der Waals surface area contributed by atoms with Gasteiger partial charge in [-0.3, -0.25) is 14.3 Å². The number of halogens is 1. The quantitative estimate of drug-likeness (QED) is 0.583. The zero-order chi connectivity index (χ0) is 9.14. The Bertz CT molecular complexity index is 381. The van der Waals surface area contributed by atoms with Crippen LogP contribution in [-0.4, -0.2) is 21.3 Å². The summed E-state index contributed by atoms with van der Waals surface area (Å²) in [5, 5.41) is 8.43. The van der Waals surface area contributed by atoms with Gasteiger partial charge in [0.25, 0.3) is 5.56 Å². The average molecular weight is 174 g/mol. The molecule has 0 aliphatic heterocycles. The number of aromatic nitrogens is 2. The van der Waals surface area contributed by atoms with Gasteiger partial charge in [0, 0.05) is 0 Å². The van der Waals surface area contributed by atoms with Gasteiger partial charge in [-0.1, -0.05) is 0 Å². The minimum absolute atomic E-state index is 0.0352. The zero-order valence-corrected chi connectivity index (χ0v) is 6.08. The highest BCUT2D eigenvalue weighted by molar-refractivity contribution is 4.86. The fourth-order valence-corrected chi connectivity index (χ4v) is 0.757. The molecule has 0 fully saturated rings. The second-order valence-electron chi connectivity index (χ2n) is 2.15. The molecule has 1 aromatic rings. The maximum atomic E-state index is 12.5. The van der Waals surface area contributed by atoms with E-state index in [2.05, 4.69) is 0 Å². The molecule has 1 aromatic heterocycles. The van der Waals surface area contributed by atoms with Crippen LogP contribution in [-0.2, 0) is 6.54 Å². The monoisotopic (exact) mass is 174 g/mol. The number of H-pyrrole nitrogens is 1. The topological polar surface area (TPSA) is 75.1 Å². The van der Waals surface area contributed by atoms with E-state index in [0.717, 1.165) is 10.8 Å². The molecular weight excluding hydrogens is 167 g/mol. The number of hydrogen-bond donors (Lipinski definition) is 2. The number of aliphatic hydroxyl groups is 1. The SMILES string of the molecule is O=c1[nH]c(=O)n(CCO)cc1F. The number of hydrogen-bond acceptors (Lipinski definition) is 3. The second-order valence-corrected chi connectivity index (χ2v) is 2.15. The molecule has 0 atom stereocenters. The predicted molar refractivity (Wildman–Crippen MR) is 38.4 cm³/mol. The molecule has 6 heteroatoms. The van der Waals surface area contributed by atoms with E-state index < -0.39 is 17.1 Å². The Morgan fingerprint density at radius 2 is 2.25 bits per heavy atom. The van der Waals surface area contributed by atoms with Crippen molar-refractivity contribution < 1.29 is 9.50 Å². The molecule has 5 nitrogen and oxygen atoms in total.